The quantitative estimate of drug-likeness (QED) is 0.552. The first kappa shape index (κ1) is 11.7. The van der Waals surface area contributed by atoms with Crippen LogP contribution in [0.15, 0.2) is 11.6 Å². The van der Waals surface area contributed by atoms with Crippen molar-refractivity contribution in [3.05, 3.63) is 11.6 Å². The molecule has 0 aromatic heterocycles. The van der Waals surface area contributed by atoms with E-state index in [1.54, 1.807) is 0 Å². The van der Waals surface area contributed by atoms with E-state index >= 15 is 0 Å². The van der Waals surface area contributed by atoms with Crippen LogP contribution in [0.3, 0.4) is 0 Å². The SMILES string of the molecule is CC(=CC(C)(C)C(C)C)C(C)C. The van der Waals surface area contributed by atoms with Crippen LogP contribution in [0.5, 0.6) is 0 Å². The molecule has 0 aliphatic heterocycles. The molecule has 0 heterocycles. The Hall–Kier alpha value is -0.260. The smallest absolute Gasteiger partial charge is 0.0149 e. The van der Waals surface area contributed by atoms with Crippen molar-refractivity contribution < 1.29 is 0 Å². The highest BCUT2D eigenvalue weighted by molar-refractivity contribution is 5.07. The van der Waals surface area contributed by atoms with E-state index in [1.807, 2.05) is 0 Å². The average molecular weight is 168 g/mol. The van der Waals surface area contributed by atoms with Gasteiger partial charge in [0.1, 0.15) is 0 Å². The lowest BCUT2D eigenvalue weighted by molar-refractivity contribution is 0.329. The summed E-state index contributed by atoms with van der Waals surface area (Å²) in [5, 5.41) is 0. The normalized spacial score (nSPS) is 14.6. The zero-order valence-electron chi connectivity index (χ0n) is 9.73. The molecule has 0 saturated heterocycles. The Labute approximate surface area is 78.1 Å². The molecule has 0 radical (unpaired) electrons. The van der Waals surface area contributed by atoms with Crippen LogP contribution in [0, 0.1) is 17.3 Å². The third-order valence-corrected chi connectivity index (χ3v) is 3.00. The Kier molecular flexibility index (Phi) is 4.02. The summed E-state index contributed by atoms with van der Waals surface area (Å²) in [6, 6.07) is 0. The molecule has 0 fully saturated rings. The molecule has 0 bridgehead atoms. The summed E-state index contributed by atoms with van der Waals surface area (Å²) in [5.41, 5.74) is 1.85. The van der Waals surface area contributed by atoms with Crippen LogP contribution in [0.4, 0.5) is 0 Å². The van der Waals surface area contributed by atoms with Crippen LogP contribution in [0.25, 0.3) is 0 Å². The monoisotopic (exact) mass is 168 g/mol. The van der Waals surface area contributed by atoms with Crippen LogP contribution in [-0.4, -0.2) is 0 Å². The molecule has 0 aromatic rings. The molecule has 0 aliphatic carbocycles. The van der Waals surface area contributed by atoms with Gasteiger partial charge in [0.2, 0.25) is 0 Å². The predicted molar refractivity (Wildman–Crippen MR) is 57.2 cm³/mol. The van der Waals surface area contributed by atoms with Crippen LogP contribution in [-0.2, 0) is 0 Å². The molecule has 72 valence electrons. The fourth-order valence-corrected chi connectivity index (χ4v) is 0.920. The number of hydrogen-bond acceptors (Lipinski definition) is 0. The number of allylic oxidation sites excluding steroid dienone is 2. The zero-order chi connectivity index (χ0) is 9.94. The maximum Gasteiger partial charge on any atom is -0.0149 e. The molecule has 0 atom stereocenters. The summed E-state index contributed by atoms with van der Waals surface area (Å²) in [4.78, 5) is 0. The van der Waals surface area contributed by atoms with Crippen molar-refractivity contribution in [2.45, 2.75) is 48.5 Å². The second kappa shape index (κ2) is 4.11. The molecule has 0 saturated carbocycles. The van der Waals surface area contributed by atoms with Crippen molar-refractivity contribution in [2.75, 3.05) is 0 Å². The van der Waals surface area contributed by atoms with Gasteiger partial charge >= 0.3 is 0 Å². The summed E-state index contributed by atoms with van der Waals surface area (Å²) in [6.07, 6.45) is 2.42. The number of rotatable bonds is 3. The van der Waals surface area contributed by atoms with Gasteiger partial charge in [-0.05, 0) is 24.2 Å². The first-order valence-electron chi connectivity index (χ1n) is 4.96. The third kappa shape index (κ3) is 3.42. The lowest BCUT2D eigenvalue weighted by atomic mass is 9.79. The Bertz CT molecular complexity index is 159. The minimum Gasteiger partial charge on any atom is -0.0794 e. The van der Waals surface area contributed by atoms with E-state index in [-0.39, 0.29) is 0 Å². The first-order chi connectivity index (χ1) is 5.27. The van der Waals surface area contributed by atoms with Gasteiger partial charge in [-0.1, -0.05) is 53.2 Å². The first-order valence-corrected chi connectivity index (χ1v) is 4.96. The topological polar surface area (TPSA) is 0 Å². The van der Waals surface area contributed by atoms with Crippen molar-refractivity contribution in [2.24, 2.45) is 17.3 Å². The van der Waals surface area contributed by atoms with Gasteiger partial charge in [0.15, 0.2) is 0 Å². The van der Waals surface area contributed by atoms with Crippen LogP contribution in [0.2, 0.25) is 0 Å². The molecular weight excluding hydrogens is 144 g/mol. The molecule has 0 aromatic carbocycles. The van der Waals surface area contributed by atoms with E-state index in [9.17, 15) is 0 Å². The minimum atomic E-state index is 0.342. The number of hydrogen-bond donors (Lipinski definition) is 0. The fraction of sp³-hybridized carbons (Fsp3) is 0.833. The molecule has 0 spiro atoms. The molecule has 0 nitrogen and oxygen atoms in total. The fourth-order valence-electron chi connectivity index (χ4n) is 0.920. The second-order valence-corrected chi connectivity index (χ2v) is 5.02. The van der Waals surface area contributed by atoms with Crippen molar-refractivity contribution in [3.8, 4) is 0 Å². The van der Waals surface area contributed by atoms with Crippen molar-refractivity contribution in [1.29, 1.82) is 0 Å². The van der Waals surface area contributed by atoms with Gasteiger partial charge in [-0.15, -0.1) is 0 Å². The highest BCUT2D eigenvalue weighted by Crippen LogP contribution is 2.30. The van der Waals surface area contributed by atoms with Gasteiger partial charge in [-0.25, -0.2) is 0 Å². The van der Waals surface area contributed by atoms with Gasteiger partial charge in [-0.3, -0.25) is 0 Å². The van der Waals surface area contributed by atoms with Gasteiger partial charge in [0, 0.05) is 0 Å². The van der Waals surface area contributed by atoms with Gasteiger partial charge in [0.25, 0.3) is 0 Å². The standard InChI is InChI=1S/C12H24/c1-9(2)11(5)8-12(6,7)10(3)4/h8-10H,1-7H3. The highest BCUT2D eigenvalue weighted by Gasteiger charge is 2.19. The molecule has 12 heavy (non-hydrogen) atoms. The Morgan fingerprint density at radius 1 is 1.08 bits per heavy atom. The summed E-state index contributed by atoms with van der Waals surface area (Å²) >= 11 is 0. The van der Waals surface area contributed by atoms with E-state index in [1.165, 1.54) is 5.57 Å². The molecule has 0 amide bonds. The molecular formula is C12H24. The third-order valence-electron chi connectivity index (χ3n) is 3.00. The van der Waals surface area contributed by atoms with E-state index in [4.69, 9.17) is 0 Å². The van der Waals surface area contributed by atoms with Crippen molar-refractivity contribution >= 4 is 0 Å². The summed E-state index contributed by atoms with van der Waals surface area (Å²) in [7, 11) is 0. The average Bonchev–Trinajstić information content (AvgIpc) is 1.85. The highest BCUT2D eigenvalue weighted by atomic mass is 14.2. The molecule has 0 unspecified atom stereocenters. The molecule has 0 heteroatoms. The van der Waals surface area contributed by atoms with E-state index in [0.717, 1.165) is 0 Å². The van der Waals surface area contributed by atoms with Gasteiger partial charge in [-0.2, -0.15) is 0 Å². The van der Waals surface area contributed by atoms with Gasteiger partial charge in [0.05, 0.1) is 0 Å². The second-order valence-electron chi connectivity index (χ2n) is 5.02. The van der Waals surface area contributed by atoms with Crippen LogP contribution in [0.1, 0.15) is 48.5 Å². The molecule has 0 aliphatic rings. The van der Waals surface area contributed by atoms with Crippen LogP contribution >= 0.6 is 0 Å². The minimum absolute atomic E-state index is 0.342. The van der Waals surface area contributed by atoms with E-state index < -0.39 is 0 Å². The maximum atomic E-state index is 2.42. The lowest BCUT2D eigenvalue weighted by Gasteiger charge is -2.27. The Morgan fingerprint density at radius 2 is 1.50 bits per heavy atom. The Morgan fingerprint density at radius 3 is 1.75 bits per heavy atom. The van der Waals surface area contributed by atoms with Crippen molar-refractivity contribution in [1.82, 2.24) is 0 Å². The van der Waals surface area contributed by atoms with E-state index in [2.05, 4.69) is 54.5 Å². The predicted octanol–water partition coefficient (Wildman–Crippen LogP) is 4.27. The summed E-state index contributed by atoms with van der Waals surface area (Å²) in [5.74, 6) is 1.40. The lowest BCUT2D eigenvalue weighted by Crippen LogP contribution is -2.17. The van der Waals surface area contributed by atoms with Crippen molar-refractivity contribution in [3.63, 3.8) is 0 Å². The largest absolute Gasteiger partial charge is 0.0794 e. The Balaban J connectivity index is 4.50. The van der Waals surface area contributed by atoms with Crippen LogP contribution < -0.4 is 0 Å². The van der Waals surface area contributed by atoms with Gasteiger partial charge < -0.3 is 0 Å². The van der Waals surface area contributed by atoms with E-state index in [0.29, 0.717) is 17.3 Å². The zero-order valence-corrected chi connectivity index (χ0v) is 9.73. The summed E-state index contributed by atoms with van der Waals surface area (Å²) in [6.45, 7) is 15.9. The summed E-state index contributed by atoms with van der Waals surface area (Å²) < 4.78 is 0. The molecule has 0 rings (SSSR count). The molecule has 0 N–H and O–H groups in total. The maximum absolute atomic E-state index is 2.42.